The molecule has 0 spiro atoms. The average Bonchev–Trinajstić information content (AvgIpc) is 3.39. The van der Waals surface area contributed by atoms with Gasteiger partial charge in [0.2, 0.25) is 17.5 Å². The summed E-state index contributed by atoms with van der Waals surface area (Å²) in [6.07, 6.45) is -0.831. The standard InChI is InChI=1S/C24H26N4O9/c1-6-34-23(30)28(14(3)21-26-20(27-37-21)15-8-10-16(32-4)11-9-15)22(29)18-19(36-24(31)35-7-2)17(33-5)12-13-25-18/h8-14H,6-7H2,1-5H3/t14-/m0/s1. The molecule has 196 valence electrons. The molecule has 0 unspecified atom stereocenters. The van der Waals surface area contributed by atoms with E-state index in [1.807, 2.05) is 0 Å². The third kappa shape index (κ3) is 6.12. The molecular weight excluding hydrogens is 488 g/mol. The van der Waals surface area contributed by atoms with Crippen LogP contribution in [-0.4, -0.2) is 65.6 Å². The van der Waals surface area contributed by atoms with Gasteiger partial charge in [-0.1, -0.05) is 5.16 Å². The molecule has 0 saturated heterocycles. The summed E-state index contributed by atoms with van der Waals surface area (Å²) in [5.74, 6) is -0.462. The fourth-order valence-corrected chi connectivity index (χ4v) is 3.17. The van der Waals surface area contributed by atoms with Crippen LogP contribution in [0.4, 0.5) is 9.59 Å². The van der Waals surface area contributed by atoms with Crippen LogP contribution < -0.4 is 14.2 Å². The Bertz CT molecular complexity index is 1240. The summed E-state index contributed by atoms with van der Waals surface area (Å²) in [6.45, 7) is 4.67. The normalized spacial score (nSPS) is 11.3. The van der Waals surface area contributed by atoms with E-state index in [4.69, 9.17) is 28.2 Å². The molecule has 0 bridgehead atoms. The zero-order valence-electron chi connectivity index (χ0n) is 20.9. The summed E-state index contributed by atoms with van der Waals surface area (Å²) in [6, 6.07) is 7.19. The van der Waals surface area contributed by atoms with Gasteiger partial charge in [0.15, 0.2) is 11.4 Å². The predicted octanol–water partition coefficient (Wildman–Crippen LogP) is 4.04. The highest BCUT2D eigenvalue weighted by Crippen LogP contribution is 2.33. The number of hydrogen-bond donors (Lipinski definition) is 0. The first kappa shape index (κ1) is 26.9. The number of imide groups is 1. The minimum atomic E-state index is -1.09. The second-order valence-electron chi connectivity index (χ2n) is 7.21. The van der Waals surface area contributed by atoms with E-state index in [1.165, 1.54) is 26.3 Å². The van der Waals surface area contributed by atoms with E-state index >= 15 is 0 Å². The summed E-state index contributed by atoms with van der Waals surface area (Å²) in [5.41, 5.74) is 0.221. The van der Waals surface area contributed by atoms with Gasteiger partial charge in [0.05, 0.1) is 27.4 Å². The maximum Gasteiger partial charge on any atom is 0.514 e. The third-order valence-corrected chi connectivity index (χ3v) is 4.96. The van der Waals surface area contributed by atoms with Crippen molar-refractivity contribution < 1.29 is 42.6 Å². The molecule has 2 aromatic heterocycles. The SMILES string of the molecule is CCOC(=O)Oc1c(OC)ccnc1C(=O)N(C(=O)OCC)[C@@H](C)c1nc(-c2ccc(OC)cc2)no1. The molecule has 3 rings (SSSR count). The molecule has 13 nitrogen and oxygen atoms in total. The molecule has 0 aliphatic heterocycles. The molecule has 3 aromatic rings. The second kappa shape index (κ2) is 12.3. The Hall–Kier alpha value is -4.68. The average molecular weight is 514 g/mol. The second-order valence-corrected chi connectivity index (χ2v) is 7.21. The van der Waals surface area contributed by atoms with Gasteiger partial charge in [0.1, 0.15) is 11.8 Å². The number of ether oxygens (including phenoxy) is 5. The van der Waals surface area contributed by atoms with E-state index in [0.29, 0.717) is 11.3 Å². The highest BCUT2D eigenvalue weighted by Gasteiger charge is 2.37. The van der Waals surface area contributed by atoms with Gasteiger partial charge in [-0.05, 0) is 45.0 Å². The number of rotatable bonds is 9. The van der Waals surface area contributed by atoms with Gasteiger partial charge in [0.25, 0.3) is 5.91 Å². The van der Waals surface area contributed by atoms with Crippen molar-refractivity contribution in [2.75, 3.05) is 27.4 Å². The minimum absolute atomic E-state index is 0.0162. The van der Waals surface area contributed by atoms with Crippen LogP contribution in [0, 0.1) is 0 Å². The van der Waals surface area contributed by atoms with Crippen molar-refractivity contribution in [1.29, 1.82) is 0 Å². The monoisotopic (exact) mass is 514 g/mol. The topological polar surface area (TPSA) is 152 Å². The van der Waals surface area contributed by atoms with Gasteiger partial charge in [-0.15, -0.1) is 0 Å². The van der Waals surface area contributed by atoms with Crippen LogP contribution in [0.15, 0.2) is 41.1 Å². The van der Waals surface area contributed by atoms with Crippen molar-refractivity contribution >= 4 is 18.2 Å². The Morgan fingerprint density at radius 1 is 1.00 bits per heavy atom. The van der Waals surface area contributed by atoms with E-state index in [9.17, 15) is 14.4 Å². The van der Waals surface area contributed by atoms with Crippen LogP contribution in [0.1, 0.15) is 43.2 Å². The lowest BCUT2D eigenvalue weighted by Crippen LogP contribution is -2.40. The molecule has 37 heavy (non-hydrogen) atoms. The Labute approximate surface area is 212 Å². The highest BCUT2D eigenvalue weighted by molar-refractivity contribution is 6.04. The first-order valence-corrected chi connectivity index (χ1v) is 11.2. The number of hydrogen-bond acceptors (Lipinski definition) is 12. The van der Waals surface area contributed by atoms with E-state index in [-0.39, 0.29) is 36.4 Å². The number of benzene rings is 1. The van der Waals surface area contributed by atoms with E-state index < -0.39 is 29.9 Å². The van der Waals surface area contributed by atoms with Crippen LogP contribution in [0.2, 0.25) is 0 Å². The first-order chi connectivity index (χ1) is 17.8. The zero-order chi connectivity index (χ0) is 26.9. The Balaban J connectivity index is 1.99. The maximum absolute atomic E-state index is 13.6. The largest absolute Gasteiger partial charge is 0.514 e. The molecule has 1 atom stereocenters. The zero-order valence-corrected chi connectivity index (χ0v) is 20.9. The number of pyridine rings is 1. The highest BCUT2D eigenvalue weighted by atomic mass is 16.7. The Kier molecular flexibility index (Phi) is 8.97. The lowest BCUT2D eigenvalue weighted by molar-refractivity contribution is 0.0554. The van der Waals surface area contributed by atoms with Crippen molar-refractivity contribution in [2.45, 2.75) is 26.8 Å². The number of carbonyl (C=O) groups is 3. The smallest absolute Gasteiger partial charge is 0.497 e. The summed E-state index contributed by atoms with van der Waals surface area (Å²) in [7, 11) is 2.86. The van der Waals surface area contributed by atoms with Gasteiger partial charge < -0.3 is 28.2 Å². The molecule has 1 aromatic carbocycles. The van der Waals surface area contributed by atoms with Gasteiger partial charge in [-0.3, -0.25) is 4.79 Å². The number of amides is 2. The fraction of sp³-hybridized carbons (Fsp3) is 0.333. The van der Waals surface area contributed by atoms with Gasteiger partial charge >= 0.3 is 12.2 Å². The number of methoxy groups -OCH3 is 2. The molecule has 13 heteroatoms. The maximum atomic E-state index is 13.6. The van der Waals surface area contributed by atoms with Crippen molar-refractivity contribution in [3.63, 3.8) is 0 Å². The molecule has 0 aliphatic carbocycles. The summed E-state index contributed by atoms with van der Waals surface area (Å²) < 4.78 is 30.8. The first-order valence-electron chi connectivity index (χ1n) is 11.2. The number of carbonyl (C=O) groups excluding carboxylic acids is 3. The molecule has 0 radical (unpaired) electrons. The van der Waals surface area contributed by atoms with Crippen molar-refractivity contribution in [2.24, 2.45) is 0 Å². The Morgan fingerprint density at radius 2 is 1.70 bits per heavy atom. The summed E-state index contributed by atoms with van der Waals surface area (Å²) in [4.78, 5) is 47.6. The van der Waals surface area contributed by atoms with Gasteiger partial charge in [-0.2, -0.15) is 4.98 Å². The minimum Gasteiger partial charge on any atom is -0.497 e. The van der Waals surface area contributed by atoms with E-state index in [1.54, 1.807) is 45.2 Å². The quantitative estimate of drug-likeness (QED) is 0.379. The van der Waals surface area contributed by atoms with Crippen LogP contribution in [0.25, 0.3) is 11.4 Å². The van der Waals surface area contributed by atoms with Crippen molar-refractivity contribution in [3.05, 3.63) is 48.1 Å². The van der Waals surface area contributed by atoms with Crippen molar-refractivity contribution in [1.82, 2.24) is 20.0 Å². The predicted molar refractivity (Wildman–Crippen MR) is 126 cm³/mol. The van der Waals surface area contributed by atoms with Gasteiger partial charge in [-0.25, -0.2) is 19.5 Å². The van der Waals surface area contributed by atoms with Crippen LogP contribution in [0.5, 0.6) is 17.2 Å². The molecule has 0 saturated carbocycles. The molecule has 0 aliphatic rings. The molecular formula is C24H26N4O9. The molecule has 2 heterocycles. The molecule has 0 N–H and O–H groups in total. The van der Waals surface area contributed by atoms with E-state index in [2.05, 4.69) is 15.1 Å². The lowest BCUT2D eigenvalue weighted by atomic mass is 10.2. The third-order valence-electron chi connectivity index (χ3n) is 4.96. The van der Waals surface area contributed by atoms with Crippen molar-refractivity contribution in [3.8, 4) is 28.6 Å². The van der Waals surface area contributed by atoms with Crippen LogP contribution in [-0.2, 0) is 9.47 Å². The van der Waals surface area contributed by atoms with Crippen LogP contribution >= 0.6 is 0 Å². The number of nitrogens with zero attached hydrogens (tertiary/aromatic N) is 4. The number of aromatic nitrogens is 3. The Morgan fingerprint density at radius 3 is 2.32 bits per heavy atom. The molecule has 0 fully saturated rings. The lowest BCUT2D eigenvalue weighted by Gasteiger charge is -2.24. The van der Waals surface area contributed by atoms with Crippen LogP contribution in [0.3, 0.4) is 0 Å². The molecule has 2 amide bonds. The summed E-state index contributed by atoms with van der Waals surface area (Å²) in [5, 5.41) is 3.95. The van der Waals surface area contributed by atoms with E-state index in [0.717, 1.165) is 4.90 Å². The summed E-state index contributed by atoms with van der Waals surface area (Å²) >= 11 is 0. The fourth-order valence-electron chi connectivity index (χ4n) is 3.17. The van der Waals surface area contributed by atoms with Gasteiger partial charge in [0, 0.05) is 17.8 Å².